The van der Waals surface area contributed by atoms with Gasteiger partial charge in [-0.3, -0.25) is 0 Å². The third kappa shape index (κ3) is 4.29. The van der Waals surface area contributed by atoms with Gasteiger partial charge < -0.3 is 6.92 Å². The SMILES string of the molecule is [CH2-]C(Cl)CCC. The highest BCUT2D eigenvalue weighted by Crippen LogP contribution is 2.00. The molecule has 38 valence electrons. The molecule has 0 radical (unpaired) electrons. The van der Waals surface area contributed by atoms with Crippen molar-refractivity contribution in [3.63, 3.8) is 0 Å². The Kier molecular flexibility index (Phi) is 3.65. The lowest BCUT2D eigenvalue weighted by atomic mass is 10.3. The van der Waals surface area contributed by atoms with E-state index in [-0.39, 0.29) is 5.38 Å². The maximum atomic E-state index is 5.47. The molecule has 0 nitrogen and oxygen atoms in total. The lowest BCUT2D eigenvalue weighted by Gasteiger charge is -2.02. The van der Waals surface area contributed by atoms with Crippen molar-refractivity contribution in [2.24, 2.45) is 0 Å². The van der Waals surface area contributed by atoms with Crippen LogP contribution in [0.25, 0.3) is 0 Å². The Morgan fingerprint density at radius 2 is 2.33 bits per heavy atom. The second-order valence-corrected chi connectivity index (χ2v) is 2.00. The lowest BCUT2D eigenvalue weighted by molar-refractivity contribution is 0.819. The van der Waals surface area contributed by atoms with Crippen LogP contribution in [0.15, 0.2) is 0 Å². The zero-order chi connectivity index (χ0) is 4.99. The minimum absolute atomic E-state index is 0.120. The van der Waals surface area contributed by atoms with Crippen LogP contribution in [0.4, 0.5) is 0 Å². The molecule has 1 atom stereocenters. The first kappa shape index (κ1) is 6.29. The average molecular weight is 106 g/mol. The van der Waals surface area contributed by atoms with Crippen LogP contribution in [0.2, 0.25) is 0 Å². The predicted octanol–water partition coefficient (Wildman–Crippen LogP) is 2.23. The summed E-state index contributed by atoms with van der Waals surface area (Å²) in [6.07, 6.45) is 2.17. The molecule has 1 heteroatoms. The van der Waals surface area contributed by atoms with Gasteiger partial charge in [-0.1, -0.05) is 25.1 Å². The molecule has 0 rings (SSSR count). The number of halogens is 1. The van der Waals surface area contributed by atoms with Gasteiger partial charge in [0.05, 0.1) is 0 Å². The molecular weight excluding hydrogens is 95.5 g/mol. The first-order valence-corrected chi connectivity index (χ1v) is 2.68. The molecule has 0 fully saturated rings. The van der Waals surface area contributed by atoms with Gasteiger partial charge in [0, 0.05) is 0 Å². The van der Waals surface area contributed by atoms with Crippen molar-refractivity contribution in [2.45, 2.75) is 25.1 Å². The normalized spacial score (nSPS) is 14.5. The van der Waals surface area contributed by atoms with Crippen molar-refractivity contribution >= 4 is 11.6 Å². The van der Waals surface area contributed by atoms with Crippen molar-refractivity contribution in [1.82, 2.24) is 0 Å². The molecule has 0 saturated heterocycles. The molecule has 0 aromatic carbocycles. The Labute approximate surface area is 44.5 Å². The fourth-order valence-electron chi connectivity index (χ4n) is 0.313. The summed E-state index contributed by atoms with van der Waals surface area (Å²) in [6, 6.07) is 0. The predicted molar refractivity (Wildman–Crippen MR) is 29.9 cm³/mol. The first-order valence-electron chi connectivity index (χ1n) is 2.24. The molecule has 0 aromatic heterocycles. The first-order chi connectivity index (χ1) is 2.77. The van der Waals surface area contributed by atoms with Crippen LogP contribution in [0.1, 0.15) is 19.8 Å². The quantitative estimate of drug-likeness (QED) is 0.373. The molecule has 0 aliphatic heterocycles. The summed E-state index contributed by atoms with van der Waals surface area (Å²) in [7, 11) is 0. The Morgan fingerprint density at radius 1 is 1.83 bits per heavy atom. The molecule has 0 heterocycles. The smallest absolute Gasteiger partial charge is 0.0573 e. The number of rotatable bonds is 2. The van der Waals surface area contributed by atoms with E-state index in [0.717, 1.165) is 12.8 Å². The maximum Gasteiger partial charge on any atom is -0.0573 e. The van der Waals surface area contributed by atoms with Crippen molar-refractivity contribution in [3.05, 3.63) is 6.92 Å². The van der Waals surface area contributed by atoms with Gasteiger partial charge in [-0.2, -0.15) is 11.6 Å². The van der Waals surface area contributed by atoms with E-state index in [1.807, 2.05) is 0 Å². The Morgan fingerprint density at radius 3 is 2.33 bits per heavy atom. The van der Waals surface area contributed by atoms with Gasteiger partial charge in [0.15, 0.2) is 0 Å². The van der Waals surface area contributed by atoms with Crippen LogP contribution in [0.5, 0.6) is 0 Å². The highest BCUT2D eigenvalue weighted by molar-refractivity contribution is 6.21. The van der Waals surface area contributed by atoms with Crippen LogP contribution < -0.4 is 0 Å². The zero-order valence-electron chi connectivity index (χ0n) is 4.08. The highest BCUT2D eigenvalue weighted by Gasteiger charge is 1.80. The van der Waals surface area contributed by atoms with Crippen LogP contribution in [-0.4, -0.2) is 5.38 Å². The zero-order valence-corrected chi connectivity index (χ0v) is 4.83. The largest absolute Gasteiger partial charge is 0.326 e. The van der Waals surface area contributed by atoms with Gasteiger partial charge in [-0.25, -0.2) is 0 Å². The van der Waals surface area contributed by atoms with E-state index in [4.69, 9.17) is 11.6 Å². The molecule has 0 aliphatic carbocycles. The van der Waals surface area contributed by atoms with Crippen molar-refractivity contribution in [1.29, 1.82) is 0 Å². The standard InChI is InChI=1S/C5H10Cl/c1-3-4-5(2)6/h5H,2-4H2,1H3/q-1. The van der Waals surface area contributed by atoms with Crippen LogP contribution in [0, 0.1) is 6.92 Å². The second-order valence-electron chi connectivity index (χ2n) is 1.39. The monoisotopic (exact) mass is 105 g/mol. The molecule has 0 amide bonds. The molecule has 0 N–H and O–H groups in total. The molecule has 0 aromatic rings. The average Bonchev–Trinajstić information content (AvgIpc) is 1.35. The van der Waals surface area contributed by atoms with Crippen LogP contribution in [0.3, 0.4) is 0 Å². The van der Waals surface area contributed by atoms with E-state index in [9.17, 15) is 0 Å². The van der Waals surface area contributed by atoms with E-state index >= 15 is 0 Å². The summed E-state index contributed by atoms with van der Waals surface area (Å²) in [6.45, 7) is 5.69. The van der Waals surface area contributed by atoms with Crippen molar-refractivity contribution in [3.8, 4) is 0 Å². The maximum absolute atomic E-state index is 5.47. The van der Waals surface area contributed by atoms with Crippen LogP contribution in [-0.2, 0) is 0 Å². The Bertz CT molecular complexity index is 25.1. The van der Waals surface area contributed by atoms with Crippen molar-refractivity contribution in [2.75, 3.05) is 0 Å². The molecule has 0 bridgehead atoms. The molecule has 0 saturated carbocycles. The third-order valence-corrected chi connectivity index (χ3v) is 0.820. The number of hydrogen-bond donors (Lipinski definition) is 0. The van der Waals surface area contributed by atoms with Gasteiger partial charge in [0.1, 0.15) is 0 Å². The molecule has 1 unspecified atom stereocenters. The van der Waals surface area contributed by atoms with Gasteiger partial charge >= 0.3 is 0 Å². The number of alkyl halides is 1. The minimum atomic E-state index is 0.120. The van der Waals surface area contributed by atoms with Gasteiger partial charge in [-0.15, -0.1) is 0 Å². The van der Waals surface area contributed by atoms with E-state index in [2.05, 4.69) is 13.8 Å². The van der Waals surface area contributed by atoms with E-state index in [1.165, 1.54) is 0 Å². The summed E-state index contributed by atoms with van der Waals surface area (Å²) in [4.78, 5) is 0. The number of hydrogen-bond acceptors (Lipinski definition) is 0. The van der Waals surface area contributed by atoms with Gasteiger partial charge in [-0.05, 0) is 0 Å². The fourth-order valence-corrected chi connectivity index (χ4v) is 0.531. The summed E-state index contributed by atoms with van der Waals surface area (Å²) < 4.78 is 0. The molecular formula is C5H10Cl-. The van der Waals surface area contributed by atoms with Crippen molar-refractivity contribution < 1.29 is 0 Å². The van der Waals surface area contributed by atoms with Gasteiger partial charge in [0.25, 0.3) is 0 Å². The van der Waals surface area contributed by atoms with E-state index < -0.39 is 0 Å². The van der Waals surface area contributed by atoms with Crippen LogP contribution >= 0.6 is 11.6 Å². The van der Waals surface area contributed by atoms with E-state index in [0.29, 0.717) is 0 Å². The molecule has 0 aliphatic rings. The Balaban J connectivity index is 2.63. The summed E-state index contributed by atoms with van der Waals surface area (Å²) in [5, 5.41) is 0.120. The van der Waals surface area contributed by atoms with Gasteiger partial charge in [0.2, 0.25) is 0 Å². The lowest BCUT2D eigenvalue weighted by Crippen LogP contribution is -1.86. The third-order valence-electron chi connectivity index (χ3n) is 0.602. The topological polar surface area (TPSA) is 0 Å². The van der Waals surface area contributed by atoms with E-state index in [1.54, 1.807) is 0 Å². The minimum Gasteiger partial charge on any atom is -0.326 e. The highest BCUT2D eigenvalue weighted by atomic mass is 35.5. The Hall–Kier alpha value is 0.290. The summed E-state index contributed by atoms with van der Waals surface area (Å²) in [5.74, 6) is 0. The second kappa shape index (κ2) is 3.48. The molecule has 0 spiro atoms. The molecule has 6 heavy (non-hydrogen) atoms. The summed E-state index contributed by atoms with van der Waals surface area (Å²) >= 11 is 5.47. The summed E-state index contributed by atoms with van der Waals surface area (Å²) in [5.41, 5.74) is 0. The fraction of sp³-hybridized carbons (Fsp3) is 0.800.